The van der Waals surface area contributed by atoms with E-state index in [1.165, 1.54) is 6.20 Å². The summed E-state index contributed by atoms with van der Waals surface area (Å²) in [6.07, 6.45) is 1.43. The van der Waals surface area contributed by atoms with Crippen LogP contribution in [0.2, 0.25) is 5.02 Å². The standard InChI is InChI=1S/C12H11ClN2O/c1-6-3-7(2)11-8(4-6)10(13)9(5-15-11)12(14)16/h3-5H,1-2H3,(H2,14,16). The minimum absolute atomic E-state index is 0.263. The molecular weight excluding hydrogens is 224 g/mol. The van der Waals surface area contributed by atoms with Crippen molar-refractivity contribution >= 4 is 28.4 Å². The Morgan fingerprint density at radius 2 is 2.06 bits per heavy atom. The van der Waals surface area contributed by atoms with E-state index in [1.54, 1.807) is 0 Å². The fourth-order valence-corrected chi connectivity index (χ4v) is 2.09. The SMILES string of the molecule is Cc1cc(C)c2ncc(C(N)=O)c(Cl)c2c1. The van der Waals surface area contributed by atoms with E-state index in [1.807, 2.05) is 26.0 Å². The quantitative estimate of drug-likeness (QED) is 0.825. The second kappa shape index (κ2) is 3.76. The lowest BCUT2D eigenvalue weighted by atomic mass is 10.1. The third-order valence-electron chi connectivity index (χ3n) is 2.51. The molecule has 0 unspecified atom stereocenters. The summed E-state index contributed by atoms with van der Waals surface area (Å²) in [5, 5.41) is 1.15. The minimum atomic E-state index is -0.557. The van der Waals surface area contributed by atoms with Gasteiger partial charge < -0.3 is 5.73 Å². The van der Waals surface area contributed by atoms with Gasteiger partial charge in [0.25, 0.3) is 5.91 Å². The molecule has 2 N–H and O–H groups in total. The highest BCUT2D eigenvalue weighted by molar-refractivity contribution is 6.38. The Hall–Kier alpha value is -1.61. The number of fused-ring (bicyclic) bond motifs is 1. The van der Waals surface area contributed by atoms with Crippen molar-refractivity contribution < 1.29 is 4.79 Å². The predicted molar refractivity (Wildman–Crippen MR) is 64.7 cm³/mol. The van der Waals surface area contributed by atoms with Gasteiger partial charge in [-0.2, -0.15) is 0 Å². The van der Waals surface area contributed by atoms with Crippen LogP contribution in [0.25, 0.3) is 10.9 Å². The van der Waals surface area contributed by atoms with Crippen molar-refractivity contribution in [2.24, 2.45) is 5.73 Å². The Kier molecular flexibility index (Phi) is 2.56. The van der Waals surface area contributed by atoms with E-state index < -0.39 is 5.91 Å². The normalized spacial score (nSPS) is 10.7. The molecule has 82 valence electrons. The molecule has 0 bridgehead atoms. The molecule has 4 heteroatoms. The highest BCUT2D eigenvalue weighted by Crippen LogP contribution is 2.28. The van der Waals surface area contributed by atoms with Gasteiger partial charge in [-0.3, -0.25) is 9.78 Å². The highest BCUT2D eigenvalue weighted by Gasteiger charge is 2.12. The van der Waals surface area contributed by atoms with Crippen molar-refractivity contribution in [1.82, 2.24) is 4.98 Å². The van der Waals surface area contributed by atoms with Gasteiger partial charge in [0.05, 0.1) is 16.1 Å². The lowest BCUT2D eigenvalue weighted by molar-refractivity contribution is 0.100. The first-order valence-corrected chi connectivity index (χ1v) is 5.23. The first kappa shape index (κ1) is 10.9. The van der Waals surface area contributed by atoms with Crippen LogP contribution in [0.4, 0.5) is 0 Å². The van der Waals surface area contributed by atoms with Crippen molar-refractivity contribution in [3.05, 3.63) is 40.0 Å². The largest absolute Gasteiger partial charge is 0.366 e. The summed E-state index contributed by atoms with van der Waals surface area (Å²) in [6, 6.07) is 3.93. The number of halogens is 1. The van der Waals surface area contributed by atoms with Crippen LogP contribution < -0.4 is 5.73 Å². The number of pyridine rings is 1. The van der Waals surface area contributed by atoms with Gasteiger partial charge in [0.2, 0.25) is 0 Å². The maximum absolute atomic E-state index is 11.1. The average molecular weight is 235 g/mol. The lowest BCUT2D eigenvalue weighted by Gasteiger charge is -2.07. The van der Waals surface area contributed by atoms with E-state index in [4.69, 9.17) is 17.3 Å². The molecule has 0 aliphatic carbocycles. The Labute approximate surface area is 98.2 Å². The van der Waals surface area contributed by atoms with Crippen molar-refractivity contribution in [2.45, 2.75) is 13.8 Å². The van der Waals surface area contributed by atoms with Gasteiger partial charge in [0.1, 0.15) is 0 Å². The molecule has 0 saturated heterocycles. The smallest absolute Gasteiger partial charge is 0.251 e. The Bertz CT molecular complexity index is 593. The van der Waals surface area contributed by atoms with E-state index in [2.05, 4.69) is 4.98 Å². The van der Waals surface area contributed by atoms with Crippen LogP contribution in [-0.2, 0) is 0 Å². The molecule has 0 aliphatic rings. The molecule has 0 spiro atoms. The topological polar surface area (TPSA) is 56.0 Å². The fraction of sp³-hybridized carbons (Fsp3) is 0.167. The Balaban J connectivity index is 2.89. The molecule has 1 aromatic heterocycles. The van der Waals surface area contributed by atoms with E-state index in [9.17, 15) is 4.79 Å². The predicted octanol–water partition coefficient (Wildman–Crippen LogP) is 2.60. The average Bonchev–Trinajstić information content (AvgIpc) is 2.19. The van der Waals surface area contributed by atoms with Crippen LogP contribution in [-0.4, -0.2) is 10.9 Å². The molecule has 3 nitrogen and oxygen atoms in total. The molecule has 0 radical (unpaired) electrons. The fourth-order valence-electron chi connectivity index (χ4n) is 1.80. The summed E-state index contributed by atoms with van der Waals surface area (Å²) in [7, 11) is 0. The van der Waals surface area contributed by atoms with Crippen molar-refractivity contribution in [3.8, 4) is 0 Å². The molecule has 1 heterocycles. The van der Waals surface area contributed by atoms with Gasteiger partial charge in [0.15, 0.2) is 0 Å². The number of amides is 1. The first-order valence-electron chi connectivity index (χ1n) is 4.86. The molecule has 1 aromatic carbocycles. The first-order chi connectivity index (χ1) is 7.50. The van der Waals surface area contributed by atoms with Crippen molar-refractivity contribution in [1.29, 1.82) is 0 Å². The van der Waals surface area contributed by atoms with Gasteiger partial charge in [-0.15, -0.1) is 0 Å². The van der Waals surface area contributed by atoms with E-state index in [0.717, 1.165) is 22.0 Å². The number of nitrogens with two attached hydrogens (primary N) is 1. The second-order valence-electron chi connectivity index (χ2n) is 3.83. The number of hydrogen-bond donors (Lipinski definition) is 1. The summed E-state index contributed by atoms with van der Waals surface area (Å²) >= 11 is 6.14. The van der Waals surface area contributed by atoms with Crippen LogP contribution in [0, 0.1) is 13.8 Å². The van der Waals surface area contributed by atoms with E-state index in [0.29, 0.717) is 5.02 Å². The maximum Gasteiger partial charge on any atom is 0.251 e. The molecule has 2 aromatic rings. The van der Waals surface area contributed by atoms with Crippen LogP contribution >= 0.6 is 11.6 Å². The summed E-state index contributed by atoms with van der Waals surface area (Å²) in [6.45, 7) is 3.93. The Morgan fingerprint density at radius 1 is 1.38 bits per heavy atom. The van der Waals surface area contributed by atoms with E-state index >= 15 is 0 Å². The monoisotopic (exact) mass is 234 g/mol. The number of aryl methyl sites for hydroxylation is 2. The number of nitrogens with zero attached hydrogens (tertiary/aromatic N) is 1. The number of carbonyl (C=O) groups is 1. The zero-order valence-electron chi connectivity index (χ0n) is 9.04. The third-order valence-corrected chi connectivity index (χ3v) is 2.91. The van der Waals surface area contributed by atoms with Gasteiger partial charge in [-0.1, -0.05) is 23.2 Å². The van der Waals surface area contributed by atoms with Gasteiger partial charge >= 0.3 is 0 Å². The van der Waals surface area contributed by atoms with Crippen molar-refractivity contribution in [3.63, 3.8) is 0 Å². The number of primary amides is 1. The van der Waals surface area contributed by atoms with Gasteiger partial charge in [-0.05, 0) is 25.5 Å². The number of aromatic nitrogens is 1. The minimum Gasteiger partial charge on any atom is -0.366 e. The van der Waals surface area contributed by atoms with Gasteiger partial charge in [-0.25, -0.2) is 0 Å². The van der Waals surface area contributed by atoms with Crippen LogP contribution in [0.5, 0.6) is 0 Å². The second-order valence-corrected chi connectivity index (χ2v) is 4.21. The number of rotatable bonds is 1. The third kappa shape index (κ3) is 1.63. The summed E-state index contributed by atoms with van der Waals surface area (Å²) in [5.74, 6) is -0.557. The zero-order chi connectivity index (χ0) is 11.9. The lowest BCUT2D eigenvalue weighted by Crippen LogP contribution is -2.12. The molecule has 0 fully saturated rings. The molecule has 0 aliphatic heterocycles. The Morgan fingerprint density at radius 3 is 2.69 bits per heavy atom. The molecule has 0 atom stereocenters. The number of benzene rings is 1. The summed E-state index contributed by atoms with van der Waals surface area (Å²) in [4.78, 5) is 15.4. The zero-order valence-corrected chi connectivity index (χ0v) is 9.80. The van der Waals surface area contributed by atoms with Crippen LogP contribution in [0.1, 0.15) is 21.5 Å². The van der Waals surface area contributed by atoms with Crippen molar-refractivity contribution in [2.75, 3.05) is 0 Å². The van der Waals surface area contributed by atoms with E-state index in [-0.39, 0.29) is 5.56 Å². The molecule has 16 heavy (non-hydrogen) atoms. The van der Waals surface area contributed by atoms with Crippen LogP contribution in [0.3, 0.4) is 0 Å². The summed E-state index contributed by atoms with van der Waals surface area (Å²) in [5.41, 5.74) is 8.40. The molecular formula is C12H11ClN2O. The molecule has 0 saturated carbocycles. The number of carbonyl (C=O) groups excluding carboxylic acids is 1. The number of hydrogen-bond acceptors (Lipinski definition) is 2. The maximum atomic E-state index is 11.1. The van der Waals surface area contributed by atoms with Crippen LogP contribution in [0.15, 0.2) is 18.3 Å². The summed E-state index contributed by atoms with van der Waals surface area (Å²) < 4.78 is 0. The highest BCUT2D eigenvalue weighted by atomic mass is 35.5. The van der Waals surface area contributed by atoms with Gasteiger partial charge in [0, 0.05) is 11.6 Å². The molecule has 2 rings (SSSR count). The molecule has 1 amide bonds.